The Morgan fingerprint density at radius 2 is 1.67 bits per heavy atom. The maximum atomic E-state index is 11.1. The zero-order valence-corrected chi connectivity index (χ0v) is 21.1. The molecule has 2 fully saturated rings. The van der Waals surface area contributed by atoms with E-state index in [1.54, 1.807) is 6.07 Å². The number of β-amino-alcohol motifs (C(OH)–C–C–N with tert-alkyl or cyclic N) is 1. The normalized spacial score (nSPS) is 18.4. The summed E-state index contributed by atoms with van der Waals surface area (Å²) >= 11 is 0. The van der Waals surface area contributed by atoms with Crippen LogP contribution in [0, 0.1) is 0 Å². The number of hydrogen-bond acceptors (Lipinski definition) is 6. The molecule has 5 rings (SSSR count). The second-order valence-corrected chi connectivity index (χ2v) is 10.1. The minimum Gasteiger partial charge on any atom is -0.490 e. The van der Waals surface area contributed by atoms with Crippen molar-refractivity contribution in [2.45, 2.75) is 44.3 Å². The fraction of sp³-hybridized carbons (Fsp3) is 0.433. The third kappa shape index (κ3) is 6.44. The number of nitrogens with zero attached hydrogens (tertiary/aromatic N) is 3. The van der Waals surface area contributed by atoms with Gasteiger partial charge in [-0.2, -0.15) is 0 Å². The standard InChI is InChI=1S/C30H38N4O2/c31-30-12-6-11-27(32-30)26-14-13-24(21-29(26)36-25-9-4-5-10-25)28(35)22-34-19-17-33(18-20-34)16-15-23-7-2-1-3-8-23/h1-3,6-8,11-14,21,25,28,35H,4-5,9-10,15-20,22H2,(H2,31,32). The van der Waals surface area contributed by atoms with Gasteiger partial charge in [-0.25, -0.2) is 4.98 Å². The molecule has 2 aromatic carbocycles. The first kappa shape index (κ1) is 24.8. The lowest BCUT2D eigenvalue weighted by atomic mass is 10.0. The average Bonchev–Trinajstić information content (AvgIpc) is 3.42. The van der Waals surface area contributed by atoms with Crippen LogP contribution in [0.5, 0.6) is 5.75 Å². The van der Waals surface area contributed by atoms with E-state index in [1.165, 1.54) is 18.4 Å². The quantitative estimate of drug-likeness (QED) is 0.462. The highest BCUT2D eigenvalue weighted by molar-refractivity contribution is 5.69. The largest absolute Gasteiger partial charge is 0.490 e. The Kier molecular flexibility index (Phi) is 8.16. The molecule has 190 valence electrons. The highest BCUT2D eigenvalue weighted by Gasteiger charge is 2.23. The average molecular weight is 487 g/mol. The topological polar surface area (TPSA) is 74.9 Å². The molecule has 1 unspecified atom stereocenters. The molecule has 0 bridgehead atoms. The van der Waals surface area contributed by atoms with Gasteiger partial charge in [0.1, 0.15) is 11.6 Å². The molecular weight excluding hydrogens is 448 g/mol. The van der Waals surface area contributed by atoms with Gasteiger partial charge in [0.25, 0.3) is 0 Å². The van der Waals surface area contributed by atoms with Crippen LogP contribution in [-0.2, 0) is 6.42 Å². The number of aliphatic hydroxyl groups is 1. The number of nitrogen functional groups attached to an aromatic ring is 1. The van der Waals surface area contributed by atoms with Gasteiger partial charge >= 0.3 is 0 Å². The summed E-state index contributed by atoms with van der Waals surface area (Å²) in [4.78, 5) is 9.40. The van der Waals surface area contributed by atoms with Crippen LogP contribution >= 0.6 is 0 Å². The van der Waals surface area contributed by atoms with Gasteiger partial charge in [0.2, 0.25) is 0 Å². The van der Waals surface area contributed by atoms with Gasteiger partial charge in [0, 0.05) is 44.8 Å². The van der Waals surface area contributed by atoms with Gasteiger partial charge in [-0.15, -0.1) is 0 Å². The molecule has 2 heterocycles. The first-order valence-corrected chi connectivity index (χ1v) is 13.3. The Morgan fingerprint density at radius 1 is 0.917 bits per heavy atom. The molecule has 36 heavy (non-hydrogen) atoms. The summed E-state index contributed by atoms with van der Waals surface area (Å²) in [5.41, 5.74) is 9.96. The summed E-state index contributed by atoms with van der Waals surface area (Å²) in [6, 6.07) is 22.4. The molecule has 6 nitrogen and oxygen atoms in total. The zero-order valence-electron chi connectivity index (χ0n) is 21.1. The van der Waals surface area contributed by atoms with Crippen LogP contribution in [0.4, 0.5) is 5.82 Å². The minimum atomic E-state index is -0.561. The Morgan fingerprint density at radius 3 is 2.42 bits per heavy atom. The van der Waals surface area contributed by atoms with E-state index in [9.17, 15) is 5.11 Å². The van der Waals surface area contributed by atoms with Crippen molar-refractivity contribution in [3.63, 3.8) is 0 Å². The summed E-state index contributed by atoms with van der Waals surface area (Å²) in [6.45, 7) is 5.74. The van der Waals surface area contributed by atoms with E-state index in [-0.39, 0.29) is 6.10 Å². The lowest BCUT2D eigenvalue weighted by Gasteiger charge is -2.35. The maximum Gasteiger partial charge on any atom is 0.129 e. The SMILES string of the molecule is Nc1cccc(-c2ccc(C(O)CN3CCN(CCc4ccccc4)CC3)cc2OC2CCCC2)n1. The van der Waals surface area contributed by atoms with Crippen molar-refractivity contribution in [1.29, 1.82) is 0 Å². The van der Waals surface area contributed by atoms with Crippen molar-refractivity contribution in [2.24, 2.45) is 0 Å². The molecule has 1 saturated carbocycles. The van der Waals surface area contributed by atoms with Gasteiger partial charge in [0.15, 0.2) is 0 Å². The van der Waals surface area contributed by atoms with Crippen molar-refractivity contribution in [3.05, 3.63) is 77.9 Å². The Labute approximate surface area is 214 Å². The number of rotatable bonds is 9. The fourth-order valence-corrected chi connectivity index (χ4v) is 5.32. The molecule has 1 atom stereocenters. The zero-order chi connectivity index (χ0) is 24.7. The molecule has 0 spiro atoms. The predicted molar refractivity (Wildman–Crippen MR) is 145 cm³/mol. The molecule has 3 N–H and O–H groups in total. The van der Waals surface area contributed by atoms with E-state index in [4.69, 9.17) is 10.5 Å². The molecule has 6 heteroatoms. The van der Waals surface area contributed by atoms with Crippen LogP contribution in [0.1, 0.15) is 42.9 Å². The number of piperazine rings is 1. The molecule has 1 aliphatic carbocycles. The van der Waals surface area contributed by atoms with Crippen molar-refractivity contribution in [3.8, 4) is 17.0 Å². The van der Waals surface area contributed by atoms with Gasteiger partial charge in [-0.05, 0) is 67.5 Å². The van der Waals surface area contributed by atoms with Crippen LogP contribution in [0.25, 0.3) is 11.3 Å². The van der Waals surface area contributed by atoms with E-state index in [1.807, 2.05) is 30.3 Å². The number of anilines is 1. The van der Waals surface area contributed by atoms with Crippen LogP contribution in [0.3, 0.4) is 0 Å². The van der Waals surface area contributed by atoms with Crippen molar-refractivity contribution in [1.82, 2.24) is 14.8 Å². The predicted octanol–water partition coefficient (Wildman–Crippen LogP) is 4.55. The number of aromatic nitrogens is 1. The van der Waals surface area contributed by atoms with Gasteiger partial charge < -0.3 is 20.5 Å². The Hall–Kier alpha value is -2.93. The second-order valence-electron chi connectivity index (χ2n) is 10.1. The Balaban J connectivity index is 1.21. The van der Waals surface area contributed by atoms with Crippen LogP contribution in [-0.4, -0.2) is 65.3 Å². The summed E-state index contributed by atoms with van der Waals surface area (Å²) in [5.74, 6) is 1.29. The van der Waals surface area contributed by atoms with E-state index < -0.39 is 6.10 Å². The second kappa shape index (κ2) is 11.9. The van der Waals surface area contributed by atoms with Gasteiger partial charge in [0.05, 0.1) is 17.9 Å². The van der Waals surface area contributed by atoms with E-state index in [0.29, 0.717) is 12.4 Å². The van der Waals surface area contributed by atoms with Crippen molar-refractivity contribution in [2.75, 3.05) is 45.0 Å². The summed E-state index contributed by atoms with van der Waals surface area (Å²) in [5, 5.41) is 11.1. The summed E-state index contributed by atoms with van der Waals surface area (Å²) < 4.78 is 6.45. The molecule has 0 radical (unpaired) electrons. The maximum absolute atomic E-state index is 11.1. The van der Waals surface area contributed by atoms with Crippen molar-refractivity contribution < 1.29 is 9.84 Å². The lowest BCUT2D eigenvalue weighted by Crippen LogP contribution is -2.47. The van der Waals surface area contributed by atoms with E-state index >= 15 is 0 Å². The summed E-state index contributed by atoms with van der Waals surface area (Å²) in [7, 11) is 0. The van der Waals surface area contributed by atoms with Gasteiger partial charge in [-0.1, -0.05) is 42.5 Å². The number of benzene rings is 2. The highest BCUT2D eigenvalue weighted by Crippen LogP contribution is 2.35. The van der Waals surface area contributed by atoms with E-state index in [2.05, 4.69) is 45.1 Å². The lowest BCUT2D eigenvalue weighted by molar-refractivity contribution is 0.0727. The van der Waals surface area contributed by atoms with Crippen LogP contribution < -0.4 is 10.5 Å². The smallest absolute Gasteiger partial charge is 0.129 e. The first-order valence-electron chi connectivity index (χ1n) is 13.3. The van der Waals surface area contributed by atoms with Crippen molar-refractivity contribution >= 4 is 5.82 Å². The number of nitrogens with two attached hydrogens (primary N) is 1. The molecule has 2 aliphatic rings. The third-order valence-electron chi connectivity index (χ3n) is 7.49. The molecule has 1 aliphatic heterocycles. The van der Waals surface area contributed by atoms with E-state index in [0.717, 1.165) is 74.6 Å². The minimum absolute atomic E-state index is 0.223. The third-order valence-corrected chi connectivity index (χ3v) is 7.49. The number of pyridine rings is 1. The molecule has 1 saturated heterocycles. The van der Waals surface area contributed by atoms with Crippen LogP contribution in [0.2, 0.25) is 0 Å². The number of ether oxygens (including phenoxy) is 1. The monoisotopic (exact) mass is 486 g/mol. The van der Waals surface area contributed by atoms with Crippen LogP contribution in [0.15, 0.2) is 66.7 Å². The summed E-state index contributed by atoms with van der Waals surface area (Å²) in [6.07, 6.45) is 5.31. The van der Waals surface area contributed by atoms with Gasteiger partial charge in [-0.3, -0.25) is 4.90 Å². The molecule has 1 aromatic heterocycles. The first-order chi connectivity index (χ1) is 17.6. The Bertz CT molecular complexity index is 1110. The number of hydrogen-bond donors (Lipinski definition) is 2. The highest BCUT2D eigenvalue weighted by atomic mass is 16.5. The fourth-order valence-electron chi connectivity index (χ4n) is 5.32. The molecule has 0 amide bonds. The molecular formula is C30H38N4O2. The number of aliphatic hydroxyl groups excluding tert-OH is 1. The molecule has 3 aromatic rings.